The largest absolute Gasteiger partial charge is 0.369 e. The summed E-state index contributed by atoms with van der Waals surface area (Å²) in [4.78, 5) is 4.39. The molecule has 0 radical (unpaired) electrons. The van der Waals surface area contributed by atoms with Crippen molar-refractivity contribution in [3.8, 4) is 0 Å². The van der Waals surface area contributed by atoms with Gasteiger partial charge in [-0.3, -0.25) is 0 Å². The highest BCUT2D eigenvalue weighted by atomic mass is 79.9. The Morgan fingerprint density at radius 2 is 2.05 bits per heavy atom. The molecule has 1 aromatic heterocycles. The number of fused-ring (bicyclic) bond motifs is 1. The van der Waals surface area contributed by atoms with E-state index in [1.54, 1.807) is 0 Å². The van der Waals surface area contributed by atoms with Crippen LogP contribution in [0.15, 0.2) is 46.9 Å². The third-order valence-corrected chi connectivity index (χ3v) is 3.66. The summed E-state index contributed by atoms with van der Waals surface area (Å²) in [5, 5.41) is 0. The summed E-state index contributed by atoms with van der Waals surface area (Å²) < 4.78 is 3.07. The lowest BCUT2D eigenvalue weighted by Gasteiger charge is -2.07. The molecule has 2 N–H and O–H groups in total. The van der Waals surface area contributed by atoms with Gasteiger partial charge in [0.1, 0.15) is 0 Å². The number of nitrogens with two attached hydrogens (primary N) is 1. The number of rotatable bonds is 2. The summed E-state index contributed by atoms with van der Waals surface area (Å²) >= 11 is 3.49. The summed E-state index contributed by atoms with van der Waals surface area (Å²) in [7, 11) is 0. The lowest BCUT2D eigenvalue weighted by atomic mass is 10.1. The second-order valence-electron chi connectivity index (χ2n) is 4.68. The molecule has 1 heterocycles. The quantitative estimate of drug-likeness (QED) is 0.783. The summed E-state index contributed by atoms with van der Waals surface area (Å²) in [5.74, 6) is 0.551. The lowest BCUT2D eigenvalue weighted by Crippen LogP contribution is -2.04. The van der Waals surface area contributed by atoms with Gasteiger partial charge in [-0.1, -0.05) is 45.8 Å². The highest BCUT2D eigenvalue weighted by molar-refractivity contribution is 9.10. The van der Waals surface area contributed by atoms with Gasteiger partial charge in [0.05, 0.1) is 17.6 Å². The van der Waals surface area contributed by atoms with Crippen LogP contribution in [-0.2, 0) is 6.54 Å². The van der Waals surface area contributed by atoms with Gasteiger partial charge in [0.2, 0.25) is 5.95 Å². The number of nitrogen functional groups attached to an aromatic ring is 1. The smallest absolute Gasteiger partial charge is 0.201 e. The fraction of sp³-hybridized carbons (Fsp3) is 0.133. The van der Waals surface area contributed by atoms with Crippen molar-refractivity contribution in [2.45, 2.75) is 13.5 Å². The zero-order valence-corrected chi connectivity index (χ0v) is 12.2. The van der Waals surface area contributed by atoms with E-state index in [1.165, 1.54) is 11.1 Å². The van der Waals surface area contributed by atoms with E-state index < -0.39 is 0 Å². The van der Waals surface area contributed by atoms with Gasteiger partial charge in [0.25, 0.3) is 0 Å². The Hall–Kier alpha value is -1.81. The van der Waals surface area contributed by atoms with E-state index in [4.69, 9.17) is 5.73 Å². The first kappa shape index (κ1) is 12.2. The van der Waals surface area contributed by atoms with Crippen LogP contribution in [0, 0.1) is 6.92 Å². The summed E-state index contributed by atoms with van der Waals surface area (Å²) in [6, 6.07) is 14.4. The Kier molecular flexibility index (Phi) is 3.03. The molecule has 0 fully saturated rings. The maximum absolute atomic E-state index is 6.03. The molecule has 0 amide bonds. The van der Waals surface area contributed by atoms with Gasteiger partial charge in [0, 0.05) is 4.47 Å². The lowest BCUT2D eigenvalue weighted by molar-refractivity contribution is 0.837. The van der Waals surface area contributed by atoms with Gasteiger partial charge < -0.3 is 10.3 Å². The summed E-state index contributed by atoms with van der Waals surface area (Å²) in [6.45, 7) is 2.83. The fourth-order valence-electron chi connectivity index (χ4n) is 2.27. The van der Waals surface area contributed by atoms with Gasteiger partial charge >= 0.3 is 0 Å². The standard InChI is InChI=1S/C15H14BrN3/c1-10-3-2-4-11(7-10)9-19-14-8-12(16)5-6-13(14)18-15(19)17/h2-8H,9H2,1H3,(H2,17,18). The minimum absolute atomic E-state index is 0.551. The molecule has 2 aromatic carbocycles. The molecule has 3 nitrogen and oxygen atoms in total. The predicted molar refractivity (Wildman–Crippen MR) is 82.1 cm³/mol. The van der Waals surface area contributed by atoms with Crippen molar-refractivity contribution >= 4 is 32.9 Å². The molecule has 19 heavy (non-hydrogen) atoms. The summed E-state index contributed by atoms with van der Waals surface area (Å²) in [5.41, 5.74) is 10.5. The second kappa shape index (κ2) is 4.70. The maximum Gasteiger partial charge on any atom is 0.201 e. The summed E-state index contributed by atoms with van der Waals surface area (Å²) in [6.07, 6.45) is 0. The molecule has 4 heteroatoms. The Morgan fingerprint density at radius 3 is 2.84 bits per heavy atom. The number of aromatic nitrogens is 2. The van der Waals surface area contributed by atoms with Crippen LogP contribution in [0.2, 0.25) is 0 Å². The molecular formula is C15H14BrN3. The van der Waals surface area contributed by atoms with E-state index in [9.17, 15) is 0 Å². The van der Waals surface area contributed by atoms with E-state index in [0.717, 1.165) is 22.1 Å². The van der Waals surface area contributed by atoms with E-state index in [2.05, 4.69) is 58.2 Å². The molecule has 0 spiro atoms. The molecule has 3 aromatic rings. The molecule has 0 saturated heterocycles. The molecule has 0 bridgehead atoms. The van der Waals surface area contributed by atoms with Gasteiger partial charge in [-0.2, -0.15) is 0 Å². The van der Waals surface area contributed by atoms with E-state index in [0.29, 0.717) is 5.95 Å². The Morgan fingerprint density at radius 1 is 1.21 bits per heavy atom. The highest BCUT2D eigenvalue weighted by Gasteiger charge is 2.09. The van der Waals surface area contributed by atoms with Crippen molar-refractivity contribution in [2.75, 3.05) is 5.73 Å². The molecule has 0 unspecified atom stereocenters. The maximum atomic E-state index is 6.03. The number of halogens is 1. The second-order valence-corrected chi connectivity index (χ2v) is 5.59. The van der Waals surface area contributed by atoms with Crippen molar-refractivity contribution in [3.63, 3.8) is 0 Å². The van der Waals surface area contributed by atoms with Crippen LogP contribution < -0.4 is 5.73 Å². The van der Waals surface area contributed by atoms with Crippen LogP contribution in [0.3, 0.4) is 0 Å². The van der Waals surface area contributed by atoms with Gasteiger partial charge in [-0.05, 0) is 30.7 Å². The topological polar surface area (TPSA) is 43.8 Å². The van der Waals surface area contributed by atoms with Gasteiger partial charge in [0.15, 0.2) is 0 Å². The zero-order chi connectivity index (χ0) is 13.4. The van der Waals surface area contributed by atoms with Crippen molar-refractivity contribution < 1.29 is 0 Å². The zero-order valence-electron chi connectivity index (χ0n) is 10.6. The predicted octanol–water partition coefficient (Wildman–Crippen LogP) is 3.74. The Balaban J connectivity index is 2.09. The normalized spacial score (nSPS) is 11.1. The number of anilines is 1. The molecular weight excluding hydrogens is 302 g/mol. The highest BCUT2D eigenvalue weighted by Crippen LogP contribution is 2.23. The van der Waals surface area contributed by atoms with E-state index in [1.807, 2.05) is 16.7 Å². The number of aryl methyl sites for hydroxylation is 1. The van der Waals surface area contributed by atoms with Crippen LogP contribution in [0.4, 0.5) is 5.95 Å². The number of hydrogen-bond acceptors (Lipinski definition) is 2. The van der Waals surface area contributed by atoms with Gasteiger partial charge in [-0.15, -0.1) is 0 Å². The average molecular weight is 316 g/mol. The third-order valence-electron chi connectivity index (χ3n) is 3.16. The minimum atomic E-state index is 0.551. The van der Waals surface area contributed by atoms with Crippen molar-refractivity contribution in [1.82, 2.24) is 9.55 Å². The number of hydrogen-bond donors (Lipinski definition) is 1. The molecule has 0 aliphatic rings. The van der Waals surface area contributed by atoms with Crippen molar-refractivity contribution in [3.05, 3.63) is 58.1 Å². The van der Waals surface area contributed by atoms with Crippen LogP contribution in [0.1, 0.15) is 11.1 Å². The first-order valence-corrected chi connectivity index (χ1v) is 6.89. The van der Waals surface area contributed by atoms with Gasteiger partial charge in [-0.25, -0.2) is 4.98 Å². The number of nitrogens with zero attached hydrogens (tertiary/aromatic N) is 2. The number of imidazole rings is 1. The minimum Gasteiger partial charge on any atom is -0.369 e. The Labute approximate surface area is 120 Å². The van der Waals surface area contributed by atoms with Crippen LogP contribution >= 0.6 is 15.9 Å². The van der Waals surface area contributed by atoms with Crippen LogP contribution in [0.5, 0.6) is 0 Å². The van der Waals surface area contributed by atoms with E-state index in [-0.39, 0.29) is 0 Å². The Bertz CT molecular complexity index is 746. The first-order chi connectivity index (χ1) is 9.13. The molecule has 3 rings (SSSR count). The first-order valence-electron chi connectivity index (χ1n) is 6.10. The molecule has 0 atom stereocenters. The molecule has 0 aliphatic heterocycles. The molecule has 0 saturated carbocycles. The number of benzene rings is 2. The monoisotopic (exact) mass is 315 g/mol. The van der Waals surface area contributed by atoms with Crippen LogP contribution in [0.25, 0.3) is 11.0 Å². The third kappa shape index (κ3) is 2.36. The van der Waals surface area contributed by atoms with Crippen molar-refractivity contribution in [1.29, 1.82) is 0 Å². The average Bonchev–Trinajstić information content (AvgIpc) is 2.66. The fourth-order valence-corrected chi connectivity index (χ4v) is 2.62. The SMILES string of the molecule is Cc1cccc(Cn2c(N)nc3ccc(Br)cc32)c1. The van der Waals surface area contributed by atoms with Crippen molar-refractivity contribution in [2.24, 2.45) is 0 Å². The molecule has 0 aliphatic carbocycles. The van der Waals surface area contributed by atoms with E-state index >= 15 is 0 Å². The molecule has 96 valence electrons. The van der Waals surface area contributed by atoms with Crippen LogP contribution in [-0.4, -0.2) is 9.55 Å².